The van der Waals surface area contributed by atoms with Gasteiger partial charge in [-0.05, 0) is 49.6 Å². The number of benzene rings is 2. The number of methoxy groups -OCH3 is 1. The molecule has 0 heterocycles. The van der Waals surface area contributed by atoms with Crippen molar-refractivity contribution in [3.63, 3.8) is 0 Å². The number of carbonyl (C=O) groups excluding carboxylic acids is 1. The lowest BCUT2D eigenvalue weighted by Gasteiger charge is -2.12. The van der Waals surface area contributed by atoms with Gasteiger partial charge in [-0.1, -0.05) is 23.8 Å². The standard InChI is InChI=1S/C21H25F2NO4/c1-14-4-6-17(15(2)12-14)27-11-9-20(25)24-10-8-16-5-7-18(26-3)19(13-16)28-21(22)23/h4-7,12-13,21H,8-11H2,1-3H3,(H,24,25). The SMILES string of the molecule is COc1ccc(CCNC(=O)CCOc2ccc(C)cc2C)cc1OC(F)F. The molecule has 0 aliphatic rings. The Bertz CT molecular complexity index is 796. The fourth-order valence-electron chi connectivity index (χ4n) is 2.71. The molecule has 2 rings (SSSR count). The monoisotopic (exact) mass is 393 g/mol. The Morgan fingerprint density at radius 3 is 2.50 bits per heavy atom. The van der Waals surface area contributed by atoms with E-state index in [4.69, 9.17) is 9.47 Å². The first kappa shape index (κ1) is 21.5. The number of hydrogen-bond donors (Lipinski definition) is 1. The van der Waals surface area contributed by atoms with Gasteiger partial charge in [-0.2, -0.15) is 8.78 Å². The highest BCUT2D eigenvalue weighted by atomic mass is 19.3. The van der Waals surface area contributed by atoms with Gasteiger partial charge in [0.15, 0.2) is 11.5 Å². The predicted octanol–water partition coefficient (Wildman–Crippen LogP) is 4.04. The van der Waals surface area contributed by atoms with Crippen molar-refractivity contribution in [1.82, 2.24) is 5.32 Å². The Balaban J connectivity index is 1.75. The number of amides is 1. The zero-order chi connectivity index (χ0) is 20.5. The molecule has 28 heavy (non-hydrogen) atoms. The van der Waals surface area contributed by atoms with Gasteiger partial charge in [0, 0.05) is 6.54 Å². The molecule has 0 saturated heterocycles. The summed E-state index contributed by atoms with van der Waals surface area (Å²) in [5.74, 6) is 0.838. The Kier molecular flexibility index (Phi) is 8.04. The lowest BCUT2D eigenvalue weighted by atomic mass is 10.1. The van der Waals surface area contributed by atoms with Gasteiger partial charge in [0.2, 0.25) is 5.91 Å². The van der Waals surface area contributed by atoms with Crippen molar-refractivity contribution < 1.29 is 27.8 Å². The molecule has 0 bridgehead atoms. The molecule has 152 valence electrons. The number of nitrogens with one attached hydrogen (secondary N) is 1. The Labute approximate surface area is 163 Å². The number of ether oxygens (including phenoxy) is 3. The van der Waals surface area contributed by atoms with Gasteiger partial charge >= 0.3 is 6.61 Å². The molecular weight excluding hydrogens is 368 g/mol. The van der Waals surface area contributed by atoms with Crippen LogP contribution in [0.3, 0.4) is 0 Å². The Hall–Kier alpha value is -2.83. The normalized spacial score (nSPS) is 10.6. The van der Waals surface area contributed by atoms with E-state index >= 15 is 0 Å². The molecule has 7 heteroatoms. The zero-order valence-electron chi connectivity index (χ0n) is 16.3. The molecule has 0 radical (unpaired) electrons. The smallest absolute Gasteiger partial charge is 0.387 e. The van der Waals surface area contributed by atoms with Crippen molar-refractivity contribution in [2.45, 2.75) is 33.3 Å². The quantitative estimate of drug-likeness (QED) is 0.662. The number of hydrogen-bond acceptors (Lipinski definition) is 4. The van der Waals surface area contributed by atoms with Crippen molar-refractivity contribution in [2.75, 3.05) is 20.3 Å². The van der Waals surface area contributed by atoms with Crippen LogP contribution in [0.2, 0.25) is 0 Å². The molecule has 0 spiro atoms. The van der Waals surface area contributed by atoms with E-state index in [1.165, 1.54) is 13.2 Å². The molecule has 2 aromatic rings. The molecule has 0 unspecified atom stereocenters. The van der Waals surface area contributed by atoms with E-state index in [2.05, 4.69) is 10.1 Å². The maximum absolute atomic E-state index is 12.5. The average molecular weight is 393 g/mol. The van der Waals surface area contributed by atoms with E-state index in [1.807, 2.05) is 32.0 Å². The second-order valence-corrected chi connectivity index (χ2v) is 6.33. The van der Waals surface area contributed by atoms with Crippen molar-refractivity contribution in [3.05, 3.63) is 53.1 Å². The third kappa shape index (κ3) is 6.72. The first-order chi connectivity index (χ1) is 13.4. The van der Waals surface area contributed by atoms with Crippen LogP contribution in [-0.4, -0.2) is 32.8 Å². The fourth-order valence-corrected chi connectivity index (χ4v) is 2.71. The second-order valence-electron chi connectivity index (χ2n) is 6.33. The summed E-state index contributed by atoms with van der Waals surface area (Å²) >= 11 is 0. The third-order valence-electron chi connectivity index (χ3n) is 4.10. The number of alkyl halides is 2. The van der Waals surface area contributed by atoms with Crippen LogP contribution >= 0.6 is 0 Å². The third-order valence-corrected chi connectivity index (χ3v) is 4.10. The van der Waals surface area contributed by atoms with Gasteiger partial charge in [-0.15, -0.1) is 0 Å². The van der Waals surface area contributed by atoms with Crippen molar-refractivity contribution in [1.29, 1.82) is 0 Å². The molecule has 1 N–H and O–H groups in total. The van der Waals surface area contributed by atoms with E-state index < -0.39 is 6.61 Å². The molecule has 5 nitrogen and oxygen atoms in total. The Morgan fingerprint density at radius 2 is 1.82 bits per heavy atom. The highest BCUT2D eigenvalue weighted by molar-refractivity contribution is 5.76. The van der Waals surface area contributed by atoms with E-state index in [0.717, 1.165) is 22.4 Å². The fraction of sp³-hybridized carbons (Fsp3) is 0.381. The van der Waals surface area contributed by atoms with Gasteiger partial charge in [0.05, 0.1) is 20.1 Å². The van der Waals surface area contributed by atoms with Crippen molar-refractivity contribution in [2.24, 2.45) is 0 Å². The number of rotatable bonds is 10. The summed E-state index contributed by atoms with van der Waals surface area (Å²) in [6.45, 7) is 1.70. The molecule has 0 fully saturated rings. The number of halogens is 2. The minimum absolute atomic E-state index is 0.0248. The van der Waals surface area contributed by atoms with Gasteiger partial charge < -0.3 is 19.5 Å². The molecule has 0 saturated carbocycles. The van der Waals surface area contributed by atoms with Crippen LogP contribution in [0.4, 0.5) is 8.78 Å². The minimum Gasteiger partial charge on any atom is -0.493 e. The van der Waals surface area contributed by atoms with Crippen molar-refractivity contribution >= 4 is 5.91 Å². The summed E-state index contributed by atoms with van der Waals surface area (Å²) in [4.78, 5) is 11.9. The lowest BCUT2D eigenvalue weighted by Crippen LogP contribution is -2.27. The summed E-state index contributed by atoms with van der Waals surface area (Å²) in [5, 5.41) is 2.79. The van der Waals surface area contributed by atoms with Crippen LogP contribution in [0, 0.1) is 13.8 Å². The van der Waals surface area contributed by atoms with Crippen LogP contribution in [0.1, 0.15) is 23.1 Å². The highest BCUT2D eigenvalue weighted by Crippen LogP contribution is 2.29. The predicted molar refractivity (Wildman–Crippen MR) is 102 cm³/mol. The van der Waals surface area contributed by atoms with E-state index in [1.54, 1.807) is 12.1 Å². The Morgan fingerprint density at radius 1 is 1.07 bits per heavy atom. The minimum atomic E-state index is -2.93. The van der Waals surface area contributed by atoms with Gasteiger partial charge in [0.25, 0.3) is 0 Å². The maximum Gasteiger partial charge on any atom is 0.387 e. The van der Waals surface area contributed by atoms with Crippen LogP contribution in [0.5, 0.6) is 17.2 Å². The number of carbonyl (C=O) groups is 1. The summed E-state index contributed by atoms with van der Waals surface area (Å²) < 4.78 is 40.0. The molecule has 0 aliphatic heterocycles. The second kappa shape index (κ2) is 10.5. The van der Waals surface area contributed by atoms with E-state index in [9.17, 15) is 13.6 Å². The zero-order valence-corrected chi connectivity index (χ0v) is 16.3. The summed E-state index contributed by atoms with van der Waals surface area (Å²) in [5.41, 5.74) is 2.94. The first-order valence-electron chi connectivity index (χ1n) is 8.97. The van der Waals surface area contributed by atoms with Crippen LogP contribution in [-0.2, 0) is 11.2 Å². The van der Waals surface area contributed by atoms with Crippen LogP contribution in [0.25, 0.3) is 0 Å². The van der Waals surface area contributed by atoms with Gasteiger partial charge in [-0.25, -0.2) is 0 Å². The van der Waals surface area contributed by atoms with E-state index in [0.29, 0.717) is 13.0 Å². The summed E-state index contributed by atoms with van der Waals surface area (Å²) in [6.07, 6.45) is 0.711. The highest BCUT2D eigenvalue weighted by Gasteiger charge is 2.11. The molecule has 0 aromatic heterocycles. The van der Waals surface area contributed by atoms with Gasteiger partial charge in [0.1, 0.15) is 5.75 Å². The number of aryl methyl sites for hydroxylation is 2. The molecule has 0 aliphatic carbocycles. The molecule has 1 amide bonds. The van der Waals surface area contributed by atoms with Crippen molar-refractivity contribution in [3.8, 4) is 17.2 Å². The van der Waals surface area contributed by atoms with Crippen LogP contribution < -0.4 is 19.5 Å². The van der Waals surface area contributed by atoms with Gasteiger partial charge in [-0.3, -0.25) is 4.79 Å². The van der Waals surface area contributed by atoms with Crippen LogP contribution in [0.15, 0.2) is 36.4 Å². The maximum atomic E-state index is 12.5. The lowest BCUT2D eigenvalue weighted by molar-refractivity contribution is -0.121. The first-order valence-corrected chi connectivity index (χ1v) is 8.97. The topological polar surface area (TPSA) is 56.8 Å². The molecular formula is C21H25F2NO4. The van der Waals surface area contributed by atoms with E-state index in [-0.39, 0.29) is 30.4 Å². The average Bonchev–Trinajstić information content (AvgIpc) is 2.63. The summed E-state index contributed by atoms with van der Waals surface area (Å²) in [7, 11) is 1.38. The molecule has 0 atom stereocenters. The largest absolute Gasteiger partial charge is 0.493 e. The summed E-state index contributed by atoms with van der Waals surface area (Å²) in [6, 6.07) is 10.7. The molecule has 2 aromatic carbocycles.